The predicted molar refractivity (Wildman–Crippen MR) is 79.9 cm³/mol. The maximum absolute atomic E-state index is 14.2. The van der Waals surface area contributed by atoms with E-state index in [1.54, 1.807) is 19.2 Å². The molecule has 4 nitrogen and oxygen atoms in total. The fourth-order valence-corrected chi connectivity index (χ4v) is 2.70. The predicted octanol–water partition coefficient (Wildman–Crippen LogP) is 2.78. The summed E-state index contributed by atoms with van der Waals surface area (Å²) >= 11 is 0. The number of carboxylic acids is 1. The molecule has 0 saturated carbocycles. The van der Waals surface area contributed by atoms with E-state index in [1.165, 1.54) is 12.1 Å². The molecule has 1 aliphatic rings. The first-order valence-corrected chi connectivity index (χ1v) is 7.00. The lowest BCUT2D eigenvalue weighted by Crippen LogP contribution is -2.44. The molecule has 2 rings (SSSR count). The van der Waals surface area contributed by atoms with Crippen molar-refractivity contribution in [3.05, 3.63) is 35.7 Å². The maximum Gasteiger partial charge on any atom is 0.328 e. The molecule has 21 heavy (non-hydrogen) atoms. The van der Waals surface area contributed by atoms with E-state index < -0.39 is 5.97 Å². The molecule has 0 bridgehead atoms. The second kappa shape index (κ2) is 6.72. The zero-order valence-corrected chi connectivity index (χ0v) is 12.3. The van der Waals surface area contributed by atoms with Crippen LogP contribution in [0, 0.1) is 11.7 Å². The topological polar surface area (TPSA) is 49.8 Å². The molecule has 1 aromatic rings. The van der Waals surface area contributed by atoms with Gasteiger partial charge in [0.25, 0.3) is 0 Å². The first-order valence-electron chi connectivity index (χ1n) is 7.00. The second-order valence-corrected chi connectivity index (χ2v) is 5.34. The van der Waals surface area contributed by atoms with Crippen LogP contribution in [-0.2, 0) is 9.53 Å². The van der Waals surface area contributed by atoms with Crippen LogP contribution < -0.4 is 4.90 Å². The Hall–Kier alpha value is -1.88. The molecule has 2 unspecified atom stereocenters. The Balaban J connectivity index is 2.32. The van der Waals surface area contributed by atoms with E-state index in [-0.39, 0.29) is 11.9 Å². The molecule has 0 aromatic heterocycles. The molecular weight excluding hydrogens is 273 g/mol. The third-order valence-electron chi connectivity index (χ3n) is 3.93. The Labute approximate surface area is 123 Å². The van der Waals surface area contributed by atoms with E-state index in [2.05, 4.69) is 6.92 Å². The number of ether oxygens (including phenoxy) is 1. The number of halogens is 1. The molecule has 1 heterocycles. The number of hydrogen-bond acceptors (Lipinski definition) is 3. The van der Waals surface area contributed by atoms with Crippen molar-refractivity contribution in [1.29, 1.82) is 0 Å². The van der Waals surface area contributed by atoms with Gasteiger partial charge in [-0.3, -0.25) is 0 Å². The molecule has 5 heteroatoms. The quantitative estimate of drug-likeness (QED) is 0.867. The van der Waals surface area contributed by atoms with Gasteiger partial charge in [0, 0.05) is 31.8 Å². The Kier molecular flexibility index (Phi) is 4.96. The summed E-state index contributed by atoms with van der Waals surface area (Å²) in [5.41, 5.74) is 1.02. The minimum absolute atomic E-state index is 0.0506. The number of carbonyl (C=O) groups is 1. The molecule has 0 spiro atoms. The molecule has 1 fully saturated rings. The molecular formula is C16H20FNO3. The number of piperidine rings is 1. The molecule has 114 valence electrons. The van der Waals surface area contributed by atoms with Crippen LogP contribution in [-0.4, -0.2) is 37.4 Å². The lowest BCUT2D eigenvalue weighted by Gasteiger charge is -2.38. The summed E-state index contributed by atoms with van der Waals surface area (Å²) in [5, 5.41) is 8.75. The summed E-state index contributed by atoms with van der Waals surface area (Å²) in [4.78, 5) is 12.6. The van der Waals surface area contributed by atoms with Crippen molar-refractivity contribution < 1.29 is 19.0 Å². The van der Waals surface area contributed by atoms with Crippen LogP contribution in [0.4, 0.5) is 10.1 Å². The molecule has 0 radical (unpaired) electrons. The Morgan fingerprint density at radius 2 is 2.29 bits per heavy atom. The average Bonchev–Trinajstić information content (AvgIpc) is 2.46. The van der Waals surface area contributed by atoms with E-state index in [0.29, 0.717) is 23.7 Å². The highest BCUT2D eigenvalue weighted by Crippen LogP contribution is 2.30. The zero-order valence-electron chi connectivity index (χ0n) is 12.3. The van der Waals surface area contributed by atoms with Gasteiger partial charge in [-0.15, -0.1) is 0 Å². The van der Waals surface area contributed by atoms with Crippen molar-refractivity contribution in [2.45, 2.75) is 19.4 Å². The van der Waals surface area contributed by atoms with Crippen LogP contribution in [0.15, 0.2) is 24.3 Å². The molecule has 2 atom stereocenters. The van der Waals surface area contributed by atoms with Crippen LogP contribution in [0.25, 0.3) is 6.08 Å². The van der Waals surface area contributed by atoms with Crippen LogP contribution in [0.5, 0.6) is 0 Å². The molecule has 1 N–H and O–H groups in total. The first kappa shape index (κ1) is 15.5. The fraction of sp³-hybridized carbons (Fsp3) is 0.438. The Bertz CT molecular complexity index is 544. The molecule has 0 aliphatic carbocycles. The van der Waals surface area contributed by atoms with Gasteiger partial charge < -0.3 is 14.7 Å². The summed E-state index contributed by atoms with van der Waals surface area (Å²) in [6.45, 7) is 3.46. The number of hydrogen-bond donors (Lipinski definition) is 1. The third kappa shape index (κ3) is 3.61. The lowest BCUT2D eigenvalue weighted by molar-refractivity contribution is -0.131. The van der Waals surface area contributed by atoms with Crippen LogP contribution >= 0.6 is 0 Å². The largest absolute Gasteiger partial charge is 0.478 e. The lowest BCUT2D eigenvalue weighted by atomic mass is 9.94. The van der Waals surface area contributed by atoms with Gasteiger partial charge in [0.15, 0.2) is 0 Å². The van der Waals surface area contributed by atoms with E-state index in [4.69, 9.17) is 9.84 Å². The minimum Gasteiger partial charge on any atom is -0.478 e. The van der Waals surface area contributed by atoms with E-state index in [9.17, 15) is 9.18 Å². The normalized spacial score (nSPS) is 22.7. The average molecular weight is 293 g/mol. The minimum atomic E-state index is -1.05. The van der Waals surface area contributed by atoms with Gasteiger partial charge in [-0.25, -0.2) is 9.18 Å². The van der Waals surface area contributed by atoms with E-state index in [1.807, 2.05) is 4.90 Å². The number of aliphatic carboxylic acids is 1. The first-order chi connectivity index (χ1) is 10.0. The SMILES string of the molecule is COC1CN(c2c(F)cccc2/C=C/C(=O)O)CCC1C. The summed E-state index contributed by atoms with van der Waals surface area (Å²) in [6.07, 6.45) is 3.42. The number of anilines is 1. The van der Waals surface area contributed by atoms with Crippen molar-refractivity contribution in [1.82, 2.24) is 0 Å². The third-order valence-corrected chi connectivity index (χ3v) is 3.93. The molecule has 0 amide bonds. The number of carboxylic acid groups (broad SMARTS) is 1. The number of benzene rings is 1. The van der Waals surface area contributed by atoms with E-state index >= 15 is 0 Å². The van der Waals surface area contributed by atoms with Crippen LogP contribution in [0.3, 0.4) is 0 Å². The molecule has 1 aromatic carbocycles. The highest BCUT2D eigenvalue weighted by molar-refractivity contribution is 5.87. The smallest absolute Gasteiger partial charge is 0.328 e. The van der Waals surface area contributed by atoms with Crippen molar-refractivity contribution in [2.24, 2.45) is 5.92 Å². The zero-order chi connectivity index (χ0) is 15.4. The van der Waals surface area contributed by atoms with Gasteiger partial charge in [-0.2, -0.15) is 0 Å². The number of rotatable bonds is 4. The van der Waals surface area contributed by atoms with Gasteiger partial charge in [0.05, 0.1) is 11.8 Å². The Morgan fingerprint density at radius 3 is 2.95 bits per heavy atom. The number of para-hydroxylation sites is 1. The van der Waals surface area contributed by atoms with Gasteiger partial charge >= 0.3 is 5.97 Å². The van der Waals surface area contributed by atoms with Crippen molar-refractivity contribution in [3.63, 3.8) is 0 Å². The van der Waals surface area contributed by atoms with Crippen molar-refractivity contribution >= 4 is 17.7 Å². The number of nitrogens with zero attached hydrogens (tertiary/aromatic N) is 1. The monoisotopic (exact) mass is 293 g/mol. The van der Waals surface area contributed by atoms with E-state index in [0.717, 1.165) is 19.0 Å². The van der Waals surface area contributed by atoms with Crippen LogP contribution in [0.2, 0.25) is 0 Å². The van der Waals surface area contributed by atoms with Gasteiger partial charge in [-0.05, 0) is 24.5 Å². The van der Waals surface area contributed by atoms with Crippen LogP contribution in [0.1, 0.15) is 18.9 Å². The van der Waals surface area contributed by atoms with Crippen molar-refractivity contribution in [3.8, 4) is 0 Å². The maximum atomic E-state index is 14.2. The highest BCUT2D eigenvalue weighted by atomic mass is 19.1. The molecule has 1 aliphatic heterocycles. The standard InChI is InChI=1S/C16H20FNO3/c1-11-8-9-18(10-14(11)21-2)16-12(6-7-15(19)20)4-3-5-13(16)17/h3-7,11,14H,8-10H2,1-2H3,(H,19,20)/b7-6+. The highest BCUT2D eigenvalue weighted by Gasteiger charge is 2.28. The van der Waals surface area contributed by atoms with Gasteiger partial charge in [0.2, 0.25) is 0 Å². The number of methoxy groups -OCH3 is 1. The summed E-state index contributed by atoms with van der Waals surface area (Å²) in [7, 11) is 1.66. The van der Waals surface area contributed by atoms with Gasteiger partial charge in [-0.1, -0.05) is 19.1 Å². The fourth-order valence-electron chi connectivity index (χ4n) is 2.70. The molecule has 1 saturated heterocycles. The van der Waals surface area contributed by atoms with Crippen molar-refractivity contribution in [2.75, 3.05) is 25.1 Å². The summed E-state index contributed by atoms with van der Waals surface area (Å²) in [5.74, 6) is -0.963. The summed E-state index contributed by atoms with van der Waals surface area (Å²) < 4.78 is 19.7. The van der Waals surface area contributed by atoms with Gasteiger partial charge in [0.1, 0.15) is 5.82 Å². The summed E-state index contributed by atoms with van der Waals surface area (Å²) in [6, 6.07) is 4.70. The Morgan fingerprint density at radius 1 is 1.52 bits per heavy atom. The second-order valence-electron chi connectivity index (χ2n) is 5.34.